The third kappa shape index (κ3) is 12.7. The monoisotopic (exact) mass is 696 g/mol. The minimum Gasteiger partial charge on any atom is -0.480 e. The molecule has 10 N–H and O–H groups in total. The first-order valence-corrected chi connectivity index (χ1v) is 17.3. The molecule has 2 amide bonds. The normalized spacial score (nSPS) is 15.8. The maximum atomic E-state index is 14.1. The van der Waals surface area contributed by atoms with Crippen LogP contribution in [0.4, 0.5) is 0 Å². The summed E-state index contributed by atoms with van der Waals surface area (Å²) < 4.78 is 0. The zero-order chi connectivity index (χ0) is 37.7. The highest BCUT2D eigenvalue weighted by Gasteiger charge is 2.33. The van der Waals surface area contributed by atoms with Gasteiger partial charge in [-0.2, -0.15) is 0 Å². The van der Waals surface area contributed by atoms with E-state index in [1.807, 2.05) is 47.6 Å². The van der Waals surface area contributed by atoms with Gasteiger partial charge in [0.05, 0.1) is 30.4 Å². The lowest BCUT2D eigenvalue weighted by Crippen LogP contribution is -2.50. The molecule has 0 aliphatic heterocycles. The van der Waals surface area contributed by atoms with Crippen LogP contribution >= 0.6 is 0 Å². The fourth-order valence-corrected chi connectivity index (χ4v) is 5.58. The summed E-state index contributed by atoms with van der Waals surface area (Å²) in [5, 5.41) is 25.9. The molecular formula is C37H56N6O7. The summed E-state index contributed by atoms with van der Waals surface area (Å²) in [4.78, 5) is 70.2. The van der Waals surface area contributed by atoms with Crippen molar-refractivity contribution in [1.82, 2.24) is 15.6 Å². The van der Waals surface area contributed by atoms with E-state index in [1.165, 1.54) is 12.3 Å². The Bertz CT molecular complexity index is 1450. The first kappa shape index (κ1) is 42.1. The second-order valence-corrected chi connectivity index (χ2v) is 14.0. The molecular weight excluding hydrogens is 640 g/mol. The van der Waals surface area contributed by atoms with E-state index < -0.39 is 72.0 Å². The Morgan fingerprint density at radius 1 is 0.900 bits per heavy atom. The molecule has 0 aliphatic carbocycles. The second-order valence-electron chi connectivity index (χ2n) is 14.0. The van der Waals surface area contributed by atoms with Crippen molar-refractivity contribution in [3.05, 3.63) is 65.0 Å². The predicted octanol–water partition coefficient (Wildman–Crippen LogP) is 2.36. The van der Waals surface area contributed by atoms with Crippen LogP contribution in [0, 0.1) is 23.7 Å². The average molecular weight is 697 g/mol. The van der Waals surface area contributed by atoms with E-state index in [0.717, 1.165) is 5.56 Å². The van der Waals surface area contributed by atoms with Gasteiger partial charge in [-0.3, -0.25) is 24.2 Å². The predicted molar refractivity (Wildman–Crippen MR) is 191 cm³/mol. The molecule has 0 bridgehead atoms. The van der Waals surface area contributed by atoms with E-state index in [0.29, 0.717) is 12.8 Å². The van der Waals surface area contributed by atoms with E-state index in [2.05, 4.69) is 15.6 Å². The van der Waals surface area contributed by atoms with Crippen molar-refractivity contribution in [1.29, 1.82) is 0 Å². The highest BCUT2D eigenvalue weighted by Crippen LogP contribution is 2.27. The molecule has 2 aromatic rings. The number of Topliss-reactive ketones (excluding diaryl/α,β-unsaturated/α-hetero) is 2. The molecule has 2 unspecified atom stereocenters. The molecule has 0 saturated heterocycles. The Labute approximate surface area is 295 Å². The van der Waals surface area contributed by atoms with Gasteiger partial charge in [0.1, 0.15) is 6.04 Å². The van der Waals surface area contributed by atoms with Gasteiger partial charge in [-0.1, -0.05) is 78.3 Å². The van der Waals surface area contributed by atoms with Crippen molar-refractivity contribution in [2.24, 2.45) is 40.9 Å². The lowest BCUT2D eigenvalue weighted by Gasteiger charge is -2.27. The van der Waals surface area contributed by atoms with Crippen LogP contribution in [0.3, 0.4) is 0 Å². The van der Waals surface area contributed by atoms with Gasteiger partial charge in [0.2, 0.25) is 11.8 Å². The van der Waals surface area contributed by atoms with Crippen LogP contribution in [0.5, 0.6) is 0 Å². The fourth-order valence-electron chi connectivity index (χ4n) is 5.58. The summed E-state index contributed by atoms with van der Waals surface area (Å²) in [5.74, 6) is -4.72. The molecule has 2 rings (SSSR count). The van der Waals surface area contributed by atoms with E-state index >= 15 is 0 Å². The molecule has 1 aromatic heterocycles. The number of aliphatic hydroxyl groups is 1. The van der Waals surface area contributed by atoms with Crippen molar-refractivity contribution in [2.45, 2.75) is 110 Å². The number of aliphatic hydroxyl groups excluding tert-OH is 1. The Kier molecular flexibility index (Phi) is 16.8. The summed E-state index contributed by atoms with van der Waals surface area (Å²) in [6, 6.07) is 6.23. The van der Waals surface area contributed by atoms with Crippen LogP contribution in [-0.4, -0.2) is 74.8 Å². The molecule has 1 heterocycles. The van der Waals surface area contributed by atoms with Crippen molar-refractivity contribution in [3.8, 4) is 0 Å². The maximum absolute atomic E-state index is 14.1. The standard InChI is InChI=1S/C37H56N6O7/c1-7-22(6)33(40)36(48)42-18-24-15-26(27(19-41-24)34(46)25(21(4)5)16-32(45)28(38)13-20(2)3)31(44)17-30(37(49)50)43-35(47)29(39)14-23-11-9-8-10-12-23/h8-12,15,19-22,25,28-30,32-33,45H,7,13-14,16-18,38-40H2,1-6H3,(H,42,48)(H,43,47)(H,49,50)/t22-,25?,28-,29?,30-,32-,33-/m0/s1. The van der Waals surface area contributed by atoms with Crippen molar-refractivity contribution < 1.29 is 34.2 Å². The van der Waals surface area contributed by atoms with Gasteiger partial charge in [0.15, 0.2) is 11.6 Å². The molecule has 276 valence electrons. The highest BCUT2D eigenvalue weighted by atomic mass is 16.4. The van der Waals surface area contributed by atoms with Crippen molar-refractivity contribution >= 4 is 29.4 Å². The van der Waals surface area contributed by atoms with Crippen LogP contribution in [0.15, 0.2) is 42.6 Å². The molecule has 0 spiro atoms. The third-order valence-corrected chi connectivity index (χ3v) is 9.04. The van der Waals surface area contributed by atoms with Gasteiger partial charge in [-0.15, -0.1) is 0 Å². The summed E-state index contributed by atoms with van der Waals surface area (Å²) in [6.45, 7) is 11.2. The molecule has 7 atom stereocenters. The van der Waals surface area contributed by atoms with E-state index in [9.17, 15) is 34.2 Å². The number of carbonyl (C=O) groups is 5. The molecule has 0 saturated carbocycles. The Hall–Kier alpha value is -4.04. The number of carbonyl (C=O) groups excluding carboxylic acids is 4. The molecule has 13 heteroatoms. The lowest BCUT2D eigenvalue weighted by atomic mass is 9.80. The van der Waals surface area contributed by atoms with Gasteiger partial charge in [-0.25, -0.2) is 4.79 Å². The van der Waals surface area contributed by atoms with E-state index in [1.54, 1.807) is 24.3 Å². The Morgan fingerprint density at radius 3 is 2.10 bits per heavy atom. The number of nitrogens with one attached hydrogen (secondary N) is 2. The maximum Gasteiger partial charge on any atom is 0.326 e. The molecule has 13 nitrogen and oxygen atoms in total. The molecule has 0 aliphatic rings. The number of aliphatic carboxylic acids is 1. The summed E-state index contributed by atoms with van der Waals surface area (Å²) in [7, 11) is 0. The van der Waals surface area contributed by atoms with Gasteiger partial charge in [0.25, 0.3) is 0 Å². The minimum atomic E-state index is -1.65. The van der Waals surface area contributed by atoms with Crippen LogP contribution in [-0.2, 0) is 27.3 Å². The second kappa shape index (κ2) is 20.0. The number of hydrogen-bond acceptors (Lipinski definition) is 10. The number of carboxylic acid groups (broad SMARTS) is 1. The number of benzene rings is 1. The number of pyridine rings is 1. The van der Waals surface area contributed by atoms with E-state index in [-0.39, 0.29) is 54.0 Å². The first-order valence-electron chi connectivity index (χ1n) is 17.3. The number of amides is 2. The van der Waals surface area contributed by atoms with E-state index in [4.69, 9.17) is 17.2 Å². The van der Waals surface area contributed by atoms with Gasteiger partial charge < -0.3 is 38.0 Å². The van der Waals surface area contributed by atoms with Crippen LogP contribution in [0.1, 0.15) is 99.2 Å². The van der Waals surface area contributed by atoms with Crippen molar-refractivity contribution in [3.63, 3.8) is 0 Å². The van der Waals surface area contributed by atoms with Gasteiger partial charge in [-0.05, 0) is 48.6 Å². The Balaban J connectivity index is 2.43. The highest BCUT2D eigenvalue weighted by molar-refractivity contribution is 6.10. The number of aromatic nitrogens is 1. The first-order chi connectivity index (χ1) is 23.5. The number of carboxylic acids is 1. The minimum absolute atomic E-state index is 0.0381. The molecule has 0 radical (unpaired) electrons. The largest absolute Gasteiger partial charge is 0.480 e. The SMILES string of the molecule is CC[C@H](C)[C@H](N)C(=O)NCc1cc(C(=O)C[C@H](NC(=O)C(N)Cc2ccccc2)C(=O)O)c(C(=O)C(C[C@H](O)[C@@H](N)CC(C)C)C(C)C)cn1. The fraction of sp³-hybridized carbons (Fsp3) is 0.568. The van der Waals surface area contributed by atoms with Crippen molar-refractivity contribution in [2.75, 3.05) is 0 Å². The zero-order valence-electron chi connectivity index (χ0n) is 30.1. The molecule has 0 fully saturated rings. The van der Waals surface area contributed by atoms with Gasteiger partial charge >= 0.3 is 5.97 Å². The topological polar surface area (TPSA) is 241 Å². The molecule has 50 heavy (non-hydrogen) atoms. The molecule has 1 aromatic carbocycles. The lowest BCUT2D eigenvalue weighted by molar-refractivity contribution is -0.141. The Morgan fingerprint density at radius 2 is 1.54 bits per heavy atom. The summed E-state index contributed by atoms with van der Waals surface area (Å²) in [5.41, 5.74) is 19.2. The zero-order valence-corrected chi connectivity index (χ0v) is 30.1. The number of rotatable bonds is 21. The number of hydrogen-bond donors (Lipinski definition) is 7. The third-order valence-electron chi connectivity index (χ3n) is 9.04. The summed E-state index contributed by atoms with van der Waals surface area (Å²) in [6.07, 6.45) is 0.967. The average Bonchev–Trinajstić information content (AvgIpc) is 3.07. The quantitative estimate of drug-likeness (QED) is 0.0935. The van der Waals surface area contributed by atoms with Crippen LogP contribution in [0.2, 0.25) is 0 Å². The van der Waals surface area contributed by atoms with Crippen LogP contribution in [0.25, 0.3) is 0 Å². The number of nitrogens with zero attached hydrogens (tertiary/aromatic N) is 1. The summed E-state index contributed by atoms with van der Waals surface area (Å²) >= 11 is 0. The number of ketones is 2. The van der Waals surface area contributed by atoms with Crippen LogP contribution < -0.4 is 27.8 Å². The number of nitrogens with two attached hydrogens (primary N) is 3. The smallest absolute Gasteiger partial charge is 0.326 e. The van der Waals surface area contributed by atoms with Gasteiger partial charge in [0, 0.05) is 35.7 Å².